The quantitative estimate of drug-likeness (QED) is 0.799. The maximum Gasteiger partial charge on any atom is 0.120 e. The molecular weight excluding hydrogens is 320 g/mol. The summed E-state index contributed by atoms with van der Waals surface area (Å²) in [6.45, 7) is 0. The Bertz CT molecular complexity index is 394. The molecule has 0 spiro atoms. The second-order valence-corrected chi connectivity index (χ2v) is 6.04. The lowest BCUT2D eigenvalue weighted by Crippen LogP contribution is -2.21. The minimum atomic E-state index is 0.667. The summed E-state index contributed by atoms with van der Waals surface area (Å²) in [5.41, 5.74) is 1.37. The van der Waals surface area contributed by atoms with E-state index >= 15 is 0 Å². The molecule has 1 aromatic rings. The normalized spacial score (nSPS) is 33.6. The van der Waals surface area contributed by atoms with E-state index in [9.17, 15) is 0 Å². The van der Waals surface area contributed by atoms with Gasteiger partial charge in [0.25, 0.3) is 0 Å². The monoisotopic (exact) mass is 330 g/mol. The zero-order valence-electron chi connectivity index (χ0n) is 8.21. The zero-order chi connectivity index (χ0) is 10.4. The molecule has 2 nitrogen and oxygen atoms in total. The van der Waals surface area contributed by atoms with Crippen LogP contribution < -0.4 is 5.32 Å². The van der Waals surface area contributed by atoms with Gasteiger partial charge in [0.2, 0.25) is 0 Å². The highest BCUT2D eigenvalue weighted by Gasteiger charge is 2.39. The van der Waals surface area contributed by atoms with Crippen molar-refractivity contribution < 1.29 is 0 Å². The molecule has 0 amide bonds. The molecule has 0 aliphatic carbocycles. The molecule has 1 N–H and O–H groups in total. The van der Waals surface area contributed by atoms with Crippen molar-refractivity contribution in [2.75, 3.05) is 0 Å². The topological polar surface area (TPSA) is 24.9 Å². The lowest BCUT2D eigenvalue weighted by molar-refractivity contribution is 0.505. The van der Waals surface area contributed by atoms with E-state index in [1.807, 2.05) is 6.20 Å². The Hall–Kier alpha value is 0.0700. The van der Waals surface area contributed by atoms with Crippen LogP contribution in [0.1, 0.15) is 30.7 Å². The van der Waals surface area contributed by atoms with Gasteiger partial charge in [-0.3, -0.25) is 0 Å². The van der Waals surface area contributed by atoms with Crippen LogP contribution in [-0.4, -0.2) is 17.1 Å². The first-order valence-electron chi connectivity index (χ1n) is 5.31. The SMILES string of the molecule is Brc1cc([C@H]2C[C@@H]3CC[C@H]2N3)cnc1Br. The van der Waals surface area contributed by atoms with Crippen LogP contribution in [-0.2, 0) is 0 Å². The molecule has 2 aliphatic heterocycles. The highest BCUT2D eigenvalue weighted by atomic mass is 79.9. The van der Waals surface area contributed by atoms with Gasteiger partial charge in [-0.25, -0.2) is 4.98 Å². The Morgan fingerprint density at radius 2 is 2.20 bits per heavy atom. The Morgan fingerprint density at radius 3 is 2.80 bits per heavy atom. The molecule has 2 bridgehead atoms. The van der Waals surface area contributed by atoms with Crippen LogP contribution in [0.15, 0.2) is 21.3 Å². The summed E-state index contributed by atoms with van der Waals surface area (Å²) in [6.07, 6.45) is 5.96. The molecule has 80 valence electrons. The number of nitrogens with one attached hydrogen (secondary N) is 1. The number of hydrogen-bond acceptors (Lipinski definition) is 2. The molecule has 0 unspecified atom stereocenters. The van der Waals surface area contributed by atoms with E-state index < -0.39 is 0 Å². The highest BCUT2D eigenvalue weighted by Crippen LogP contribution is 2.40. The molecule has 15 heavy (non-hydrogen) atoms. The Balaban J connectivity index is 1.90. The lowest BCUT2D eigenvalue weighted by atomic mass is 9.85. The van der Waals surface area contributed by atoms with Gasteiger partial charge < -0.3 is 5.32 Å². The Labute approximate surface area is 106 Å². The van der Waals surface area contributed by atoms with Crippen molar-refractivity contribution in [3.8, 4) is 0 Å². The fourth-order valence-corrected chi connectivity index (χ4v) is 3.41. The summed E-state index contributed by atoms with van der Waals surface area (Å²) < 4.78 is 1.95. The lowest BCUT2D eigenvalue weighted by Gasteiger charge is -2.20. The highest BCUT2D eigenvalue weighted by molar-refractivity contribution is 9.13. The molecule has 3 rings (SSSR count). The first-order valence-corrected chi connectivity index (χ1v) is 6.89. The van der Waals surface area contributed by atoms with Crippen molar-refractivity contribution in [1.82, 2.24) is 10.3 Å². The molecular formula is C11H12Br2N2. The summed E-state index contributed by atoms with van der Waals surface area (Å²) >= 11 is 6.92. The molecule has 0 saturated carbocycles. The van der Waals surface area contributed by atoms with Gasteiger partial charge in [0.1, 0.15) is 4.60 Å². The van der Waals surface area contributed by atoms with Crippen molar-refractivity contribution in [1.29, 1.82) is 0 Å². The number of rotatable bonds is 1. The van der Waals surface area contributed by atoms with Gasteiger partial charge in [-0.1, -0.05) is 0 Å². The van der Waals surface area contributed by atoms with Gasteiger partial charge in [-0.15, -0.1) is 0 Å². The van der Waals surface area contributed by atoms with Crippen LogP contribution >= 0.6 is 31.9 Å². The van der Waals surface area contributed by atoms with Crippen LogP contribution in [0.25, 0.3) is 0 Å². The van der Waals surface area contributed by atoms with E-state index in [1.54, 1.807) is 0 Å². The molecule has 0 aromatic carbocycles. The number of hydrogen-bond donors (Lipinski definition) is 1. The third kappa shape index (κ3) is 1.77. The first kappa shape index (κ1) is 10.2. The predicted octanol–water partition coefficient (Wildman–Crippen LogP) is 3.21. The number of nitrogens with zero attached hydrogens (tertiary/aromatic N) is 1. The Morgan fingerprint density at radius 1 is 1.33 bits per heavy atom. The molecule has 2 aliphatic rings. The van der Waals surface area contributed by atoms with E-state index in [2.05, 4.69) is 48.2 Å². The minimum Gasteiger partial charge on any atom is -0.311 e. The van der Waals surface area contributed by atoms with Crippen molar-refractivity contribution >= 4 is 31.9 Å². The first-order chi connectivity index (χ1) is 7.24. The van der Waals surface area contributed by atoms with Crippen molar-refractivity contribution in [3.05, 3.63) is 26.9 Å². The molecule has 3 atom stereocenters. The molecule has 4 heteroatoms. The van der Waals surface area contributed by atoms with Gasteiger partial charge >= 0.3 is 0 Å². The van der Waals surface area contributed by atoms with Crippen LogP contribution in [0.2, 0.25) is 0 Å². The number of pyridine rings is 1. The summed E-state index contributed by atoms with van der Waals surface area (Å²) in [6, 6.07) is 3.64. The largest absolute Gasteiger partial charge is 0.311 e. The molecule has 0 radical (unpaired) electrons. The van der Waals surface area contributed by atoms with E-state index in [1.165, 1.54) is 24.8 Å². The molecule has 3 heterocycles. The van der Waals surface area contributed by atoms with Crippen LogP contribution in [0, 0.1) is 0 Å². The van der Waals surface area contributed by atoms with Gasteiger partial charge in [0, 0.05) is 24.2 Å². The van der Waals surface area contributed by atoms with Crippen molar-refractivity contribution in [3.63, 3.8) is 0 Å². The van der Waals surface area contributed by atoms with Gasteiger partial charge in [0.15, 0.2) is 0 Å². The van der Waals surface area contributed by atoms with Crippen molar-refractivity contribution in [2.24, 2.45) is 0 Å². The number of halogens is 2. The molecule has 2 fully saturated rings. The van der Waals surface area contributed by atoms with E-state index in [0.717, 1.165) is 15.1 Å². The minimum absolute atomic E-state index is 0.667. The standard InChI is InChI=1S/C11H12Br2N2/c12-9-3-6(5-14-11(9)13)8-4-7-1-2-10(8)15-7/h3,5,7-8,10,15H,1-2,4H2/t7-,8+,10+/m0/s1. The van der Waals surface area contributed by atoms with Crippen LogP contribution in [0.4, 0.5) is 0 Å². The van der Waals surface area contributed by atoms with E-state index in [-0.39, 0.29) is 0 Å². The number of aromatic nitrogens is 1. The van der Waals surface area contributed by atoms with Gasteiger partial charge in [0.05, 0.1) is 4.47 Å². The van der Waals surface area contributed by atoms with Gasteiger partial charge in [-0.2, -0.15) is 0 Å². The second-order valence-electron chi connectivity index (χ2n) is 4.43. The Kier molecular flexibility index (Phi) is 2.61. The number of fused-ring (bicyclic) bond motifs is 2. The summed E-state index contributed by atoms with van der Waals surface area (Å²) in [5, 5.41) is 3.66. The predicted molar refractivity (Wildman–Crippen MR) is 66.9 cm³/mol. The summed E-state index contributed by atoms with van der Waals surface area (Å²) in [4.78, 5) is 4.35. The molecule has 1 aromatic heterocycles. The summed E-state index contributed by atoms with van der Waals surface area (Å²) in [7, 11) is 0. The van der Waals surface area contributed by atoms with Crippen LogP contribution in [0.5, 0.6) is 0 Å². The third-order valence-corrected chi connectivity index (χ3v) is 5.31. The summed E-state index contributed by atoms with van der Waals surface area (Å²) in [5.74, 6) is 0.667. The van der Waals surface area contributed by atoms with Gasteiger partial charge in [-0.05, 0) is 62.8 Å². The van der Waals surface area contributed by atoms with E-state index in [0.29, 0.717) is 12.0 Å². The smallest absolute Gasteiger partial charge is 0.120 e. The maximum absolute atomic E-state index is 4.35. The maximum atomic E-state index is 4.35. The molecule has 2 saturated heterocycles. The fraction of sp³-hybridized carbons (Fsp3) is 0.545. The van der Waals surface area contributed by atoms with Crippen LogP contribution in [0.3, 0.4) is 0 Å². The second kappa shape index (κ2) is 3.82. The average molecular weight is 332 g/mol. The fourth-order valence-electron chi connectivity index (χ4n) is 2.83. The van der Waals surface area contributed by atoms with E-state index in [4.69, 9.17) is 0 Å². The zero-order valence-corrected chi connectivity index (χ0v) is 11.4. The third-order valence-electron chi connectivity index (χ3n) is 3.55. The van der Waals surface area contributed by atoms with Crippen molar-refractivity contribution in [2.45, 2.75) is 37.3 Å². The average Bonchev–Trinajstić information content (AvgIpc) is 2.83.